The van der Waals surface area contributed by atoms with Gasteiger partial charge in [-0.2, -0.15) is 5.26 Å². The number of likely N-dealkylation sites (tertiary alicyclic amines) is 1. The van der Waals surface area contributed by atoms with Gasteiger partial charge in [-0.05, 0) is 37.6 Å². The van der Waals surface area contributed by atoms with Crippen molar-refractivity contribution < 1.29 is 4.39 Å². The number of rotatable bonds is 3. The largest absolute Gasteiger partial charge is 0.298 e. The molecule has 0 amide bonds. The zero-order chi connectivity index (χ0) is 15.4. The van der Waals surface area contributed by atoms with Gasteiger partial charge in [-0.25, -0.2) is 14.4 Å². The van der Waals surface area contributed by atoms with Crippen LogP contribution in [0.4, 0.5) is 4.39 Å². The van der Waals surface area contributed by atoms with Crippen LogP contribution in [0.2, 0.25) is 0 Å². The van der Waals surface area contributed by atoms with Crippen molar-refractivity contribution in [2.45, 2.75) is 25.3 Å². The minimum atomic E-state index is -0.303. The van der Waals surface area contributed by atoms with Gasteiger partial charge in [-0.3, -0.25) is 4.90 Å². The highest BCUT2D eigenvalue weighted by Gasteiger charge is 2.22. The van der Waals surface area contributed by atoms with Gasteiger partial charge in [-0.1, -0.05) is 6.07 Å². The van der Waals surface area contributed by atoms with Crippen LogP contribution in [0.1, 0.15) is 35.6 Å². The molecule has 0 unspecified atom stereocenters. The molecule has 1 atom stereocenters. The van der Waals surface area contributed by atoms with Crippen LogP contribution in [0.25, 0.3) is 0 Å². The molecular formula is C17H17FN4. The van der Waals surface area contributed by atoms with Crippen LogP contribution < -0.4 is 0 Å². The van der Waals surface area contributed by atoms with Crippen molar-refractivity contribution in [1.29, 1.82) is 5.26 Å². The average Bonchev–Trinajstić information content (AvgIpc) is 2.58. The van der Waals surface area contributed by atoms with Crippen molar-refractivity contribution in [3.63, 3.8) is 0 Å². The molecule has 1 aromatic carbocycles. The smallest absolute Gasteiger partial charge is 0.129 e. The highest BCUT2D eigenvalue weighted by Crippen LogP contribution is 2.26. The zero-order valence-electron chi connectivity index (χ0n) is 12.2. The van der Waals surface area contributed by atoms with Gasteiger partial charge < -0.3 is 0 Å². The zero-order valence-corrected chi connectivity index (χ0v) is 12.2. The first-order valence-corrected chi connectivity index (χ1v) is 7.43. The predicted octanol–water partition coefficient (Wildman–Crippen LogP) is 2.87. The minimum Gasteiger partial charge on any atom is -0.298 e. The lowest BCUT2D eigenvalue weighted by molar-refractivity contribution is 0.196. The van der Waals surface area contributed by atoms with Crippen molar-refractivity contribution in [3.05, 3.63) is 59.4 Å². The van der Waals surface area contributed by atoms with Gasteiger partial charge in [0.25, 0.3) is 0 Å². The summed E-state index contributed by atoms with van der Waals surface area (Å²) in [5.74, 6) is 0.0707. The van der Waals surface area contributed by atoms with Gasteiger partial charge >= 0.3 is 0 Å². The second kappa shape index (κ2) is 6.63. The Labute approximate surface area is 129 Å². The first-order chi connectivity index (χ1) is 10.8. The fourth-order valence-electron chi connectivity index (χ4n) is 2.97. The predicted molar refractivity (Wildman–Crippen MR) is 80.4 cm³/mol. The normalized spacial score (nSPS) is 18.8. The number of hydrogen-bond donors (Lipinski definition) is 0. The van der Waals surface area contributed by atoms with E-state index in [-0.39, 0.29) is 5.82 Å². The molecule has 5 heteroatoms. The molecule has 0 saturated carbocycles. The van der Waals surface area contributed by atoms with E-state index in [1.807, 2.05) is 12.1 Å². The van der Waals surface area contributed by atoms with Crippen molar-refractivity contribution >= 4 is 0 Å². The molecule has 0 spiro atoms. The van der Waals surface area contributed by atoms with Crippen molar-refractivity contribution in [1.82, 2.24) is 14.9 Å². The molecule has 1 aliphatic rings. The third kappa shape index (κ3) is 3.29. The van der Waals surface area contributed by atoms with Gasteiger partial charge in [0, 0.05) is 36.5 Å². The van der Waals surface area contributed by atoms with Gasteiger partial charge in [0.15, 0.2) is 0 Å². The molecule has 0 radical (unpaired) electrons. The van der Waals surface area contributed by atoms with Crippen LogP contribution >= 0.6 is 0 Å². The van der Waals surface area contributed by atoms with Crippen LogP contribution in [0.15, 0.2) is 36.8 Å². The molecular weight excluding hydrogens is 279 g/mol. The Kier molecular flexibility index (Phi) is 4.40. The number of aromatic nitrogens is 2. The van der Waals surface area contributed by atoms with E-state index in [2.05, 4.69) is 14.9 Å². The quantitative estimate of drug-likeness (QED) is 0.874. The summed E-state index contributed by atoms with van der Waals surface area (Å²) in [7, 11) is 0. The highest BCUT2D eigenvalue weighted by atomic mass is 19.1. The Hall–Kier alpha value is -2.32. The summed E-state index contributed by atoms with van der Waals surface area (Å²) >= 11 is 0. The van der Waals surface area contributed by atoms with Crippen molar-refractivity contribution in [2.75, 3.05) is 13.1 Å². The van der Waals surface area contributed by atoms with E-state index in [4.69, 9.17) is 5.26 Å². The summed E-state index contributed by atoms with van der Waals surface area (Å²) in [5, 5.41) is 8.80. The topological polar surface area (TPSA) is 52.8 Å². The number of piperidine rings is 1. The van der Waals surface area contributed by atoms with E-state index < -0.39 is 0 Å². The highest BCUT2D eigenvalue weighted by molar-refractivity contribution is 5.32. The van der Waals surface area contributed by atoms with Crippen molar-refractivity contribution in [2.24, 2.45) is 0 Å². The average molecular weight is 296 g/mol. The summed E-state index contributed by atoms with van der Waals surface area (Å²) < 4.78 is 14.0. The molecule has 4 nitrogen and oxygen atoms in total. The maximum absolute atomic E-state index is 14.0. The molecule has 2 heterocycles. The molecule has 2 aromatic rings. The number of nitriles is 1. The van der Waals surface area contributed by atoms with E-state index >= 15 is 0 Å². The summed E-state index contributed by atoms with van der Waals surface area (Å²) in [5.41, 5.74) is 2.06. The Morgan fingerprint density at radius 3 is 3.00 bits per heavy atom. The first-order valence-electron chi connectivity index (χ1n) is 7.43. The Bertz CT molecular complexity index is 681. The lowest BCUT2D eigenvalue weighted by atomic mass is 9.94. The third-order valence-electron chi connectivity index (χ3n) is 4.10. The van der Waals surface area contributed by atoms with E-state index in [0.29, 0.717) is 23.6 Å². The SMILES string of the molecule is N#Cc1ccc(CN2CCC[C@@H](c3ccncn3)C2)c(F)c1. The van der Waals surface area contributed by atoms with Gasteiger partial charge in [0.1, 0.15) is 12.1 Å². The van der Waals surface area contributed by atoms with Crippen LogP contribution in [0.5, 0.6) is 0 Å². The summed E-state index contributed by atoms with van der Waals surface area (Å²) in [6.07, 6.45) is 5.52. The maximum Gasteiger partial charge on any atom is 0.129 e. The minimum absolute atomic E-state index is 0.303. The van der Waals surface area contributed by atoms with Crippen LogP contribution in [-0.2, 0) is 6.54 Å². The maximum atomic E-state index is 14.0. The van der Waals surface area contributed by atoms with E-state index in [0.717, 1.165) is 31.6 Å². The molecule has 112 valence electrons. The first kappa shape index (κ1) is 14.6. The molecule has 22 heavy (non-hydrogen) atoms. The van der Waals surface area contributed by atoms with Crippen molar-refractivity contribution in [3.8, 4) is 6.07 Å². The molecule has 0 N–H and O–H groups in total. The van der Waals surface area contributed by atoms with Gasteiger partial charge in [-0.15, -0.1) is 0 Å². The molecule has 0 bridgehead atoms. The molecule has 1 saturated heterocycles. The second-order valence-electron chi connectivity index (χ2n) is 5.63. The number of benzene rings is 1. The van der Waals surface area contributed by atoms with E-state index in [9.17, 15) is 4.39 Å². The fraction of sp³-hybridized carbons (Fsp3) is 0.353. The second-order valence-corrected chi connectivity index (χ2v) is 5.63. The summed E-state index contributed by atoms with van der Waals surface area (Å²) in [6.45, 7) is 2.40. The van der Waals surface area contributed by atoms with Gasteiger partial charge in [0.2, 0.25) is 0 Å². The summed E-state index contributed by atoms with van der Waals surface area (Å²) in [6, 6.07) is 8.60. The number of hydrogen-bond acceptors (Lipinski definition) is 4. The van der Waals surface area contributed by atoms with E-state index in [1.54, 1.807) is 24.7 Å². The Balaban J connectivity index is 1.69. The lowest BCUT2D eigenvalue weighted by Gasteiger charge is -2.32. The van der Waals surface area contributed by atoms with Crippen LogP contribution in [0, 0.1) is 17.1 Å². The fourth-order valence-corrected chi connectivity index (χ4v) is 2.97. The standard InChI is InChI=1S/C17H17FN4/c18-16-8-13(9-19)3-4-14(16)10-22-7-1-2-15(11-22)17-5-6-20-12-21-17/h3-6,8,12,15H,1-2,7,10-11H2/t15-/m1/s1. The molecule has 0 aliphatic carbocycles. The number of nitrogens with zero attached hydrogens (tertiary/aromatic N) is 4. The molecule has 1 aromatic heterocycles. The Morgan fingerprint density at radius 2 is 2.27 bits per heavy atom. The molecule has 3 rings (SSSR count). The lowest BCUT2D eigenvalue weighted by Crippen LogP contribution is -2.34. The molecule has 1 aliphatic heterocycles. The van der Waals surface area contributed by atoms with E-state index in [1.165, 1.54) is 6.07 Å². The Morgan fingerprint density at radius 1 is 1.36 bits per heavy atom. The monoisotopic (exact) mass is 296 g/mol. The number of halogens is 1. The van der Waals surface area contributed by atoms with Gasteiger partial charge in [0.05, 0.1) is 11.6 Å². The molecule has 1 fully saturated rings. The van der Waals surface area contributed by atoms with Crippen LogP contribution in [-0.4, -0.2) is 28.0 Å². The summed E-state index contributed by atoms with van der Waals surface area (Å²) in [4.78, 5) is 10.5. The third-order valence-corrected chi connectivity index (χ3v) is 4.10. The van der Waals surface area contributed by atoms with Crippen LogP contribution in [0.3, 0.4) is 0 Å².